The van der Waals surface area contributed by atoms with Crippen LogP contribution in [0.1, 0.15) is 31.2 Å². The Hall–Kier alpha value is -1.59. The number of fused-ring (bicyclic) bond motifs is 3. The Morgan fingerprint density at radius 2 is 1.63 bits per heavy atom. The molecule has 0 aromatic heterocycles. The zero-order valence-electron chi connectivity index (χ0n) is 15.5. The number of nitrogens with zero attached hydrogens (tertiary/aromatic N) is 1. The summed E-state index contributed by atoms with van der Waals surface area (Å²) in [5.74, 6) is -1.58. The topological polar surface area (TPSA) is 64.9 Å². The summed E-state index contributed by atoms with van der Waals surface area (Å²) < 4.78 is 0. The lowest BCUT2D eigenvalue weighted by molar-refractivity contribution is -0.917. The van der Waals surface area contributed by atoms with Crippen LogP contribution < -0.4 is 10.0 Å². The van der Waals surface area contributed by atoms with Crippen molar-refractivity contribution in [1.29, 1.82) is 0 Å². The molecule has 2 atom stereocenters. The van der Waals surface area contributed by atoms with Crippen molar-refractivity contribution < 1.29 is 19.6 Å². The first-order valence-corrected chi connectivity index (χ1v) is 10.5. The van der Waals surface area contributed by atoms with E-state index in [1.165, 1.54) is 4.90 Å². The van der Waals surface area contributed by atoms with Crippen LogP contribution in [0, 0.1) is 23.7 Å². The Morgan fingerprint density at radius 3 is 2.22 bits per heavy atom. The lowest BCUT2D eigenvalue weighted by Crippen LogP contribution is -3.13. The first-order chi connectivity index (χ1) is 13.0. The van der Waals surface area contributed by atoms with Crippen LogP contribution in [0.25, 0.3) is 0 Å². The molecular weight excluding hydrogens is 364 g/mol. The van der Waals surface area contributed by atoms with E-state index in [4.69, 9.17) is 11.6 Å². The summed E-state index contributed by atoms with van der Waals surface area (Å²) in [5.41, 5.74) is 1.13. The summed E-state index contributed by atoms with van der Waals surface area (Å²) in [4.78, 5) is 28.2. The number of quaternary nitrogens is 1. The first kappa shape index (κ1) is 18.8. The van der Waals surface area contributed by atoms with Crippen molar-refractivity contribution >= 4 is 23.5 Å². The minimum Gasteiger partial charge on any atom is -0.550 e. The third-order valence-electron chi connectivity index (χ3n) is 6.96. The van der Waals surface area contributed by atoms with Gasteiger partial charge in [-0.1, -0.05) is 29.8 Å². The second kappa shape index (κ2) is 7.80. The van der Waals surface area contributed by atoms with Crippen LogP contribution >= 0.6 is 11.6 Å². The molecule has 4 fully saturated rings. The van der Waals surface area contributed by atoms with Gasteiger partial charge in [0, 0.05) is 28.4 Å². The highest BCUT2D eigenvalue weighted by Crippen LogP contribution is 2.49. The minimum absolute atomic E-state index is 0.0513. The van der Waals surface area contributed by atoms with E-state index < -0.39 is 11.9 Å². The number of aliphatic carboxylic acids is 1. The molecule has 5 nitrogen and oxygen atoms in total. The van der Waals surface area contributed by atoms with Crippen LogP contribution in [-0.4, -0.2) is 43.0 Å². The minimum atomic E-state index is -1.02. The number of rotatable bonds is 4. The molecule has 2 bridgehead atoms. The molecule has 1 heterocycles. The Morgan fingerprint density at radius 1 is 1.04 bits per heavy atom. The number of halogens is 1. The number of hydrogen-bond acceptors (Lipinski definition) is 3. The highest BCUT2D eigenvalue weighted by Gasteiger charge is 2.49. The molecule has 0 spiro atoms. The highest BCUT2D eigenvalue weighted by molar-refractivity contribution is 6.31. The monoisotopic (exact) mass is 390 g/mol. The van der Waals surface area contributed by atoms with Gasteiger partial charge in [-0.05, 0) is 43.6 Å². The summed E-state index contributed by atoms with van der Waals surface area (Å²) in [6.45, 7) is 3.97. The van der Waals surface area contributed by atoms with Crippen LogP contribution in [0.4, 0.5) is 0 Å². The fourth-order valence-electron chi connectivity index (χ4n) is 5.49. The molecule has 1 aliphatic heterocycles. The Labute approximate surface area is 165 Å². The van der Waals surface area contributed by atoms with Crippen LogP contribution in [0.15, 0.2) is 24.3 Å². The molecule has 1 aromatic carbocycles. The van der Waals surface area contributed by atoms with Crippen LogP contribution in [0.3, 0.4) is 0 Å². The average Bonchev–Trinajstić information content (AvgIpc) is 2.70. The molecule has 1 amide bonds. The second-order valence-corrected chi connectivity index (χ2v) is 8.80. The van der Waals surface area contributed by atoms with Gasteiger partial charge in [-0.15, -0.1) is 0 Å². The average molecular weight is 391 g/mol. The van der Waals surface area contributed by atoms with Gasteiger partial charge in [-0.3, -0.25) is 4.79 Å². The molecule has 1 aromatic rings. The van der Waals surface area contributed by atoms with E-state index in [1.54, 1.807) is 0 Å². The quantitative estimate of drug-likeness (QED) is 0.807. The highest BCUT2D eigenvalue weighted by atomic mass is 35.5. The molecule has 3 aliphatic carbocycles. The maximum Gasteiger partial charge on any atom is 0.227 e. The van der Waals surface area contributed by atoms with Gasteiger partial charge in [0.25, 0.3) is 0 Å². The van der Waals surface area contributed by atoms with Crippen molar-refractivity contribution in [1.82, 2.24) is 4.90 Å². The zero-order valence-corrected chi connectivity index (χ0v) is 16.3. The summed E-state index contributed by atoms with van der Waals surface area (Å²) in [5, 5.41) is 12.5. The van der Waals surface area contributed by atoms with Gasteiger partial charge in [0.2, 0.25) is 5.91 Å². The van der Waals surface area contributed by atoms with Gasteiger partial charge < -0.3 is 19.7 Å². The van der Waals surface area contributed by atoms with Crippen molar-refractivity contribution in [2.45, 2.75) is 32.2 Å². The van der Waals surface area contributed by atoms with Gasteiger partial charge in [0.1, 0.15) is 6.54 Å². The molecule has 0 unspecified atom stereocenters. The molecule has 1 saturated heterocycles. The summed E-state index contributed by atoms with van der Waals surface area (Å²) in [6, 6.07) is 7.90. The zero-order chi connectivity index (χ0) is 19.0. The number of hydrogen-bond donors (Lipinski definition) is 1. The van der Waals surface area contributed by atoms with Crippen molar-refractivity contribution in [3.63, 3.8) is 0 Å². The third-order valence-corrected chi connectivity index (χ3v) is 7.33. The van der Waals surface area contributed by atoms with E-state index >= 15 is 0 Å². The fraction of sp³-hybridized carbons (Fsp3) is 0.619. The maximum atomic E-state index is 13.2. The predicted octanol–water partition coefficient (Wildman–Crippen LogP) is 0.369. The molecule has 3 saturated carbocycles. The number of nitrogens with one attached hydrogen (secondary N) is 1. The van der Waals surface area contributed by atoms with Crippen LogP contribution in [0.5, 0.6) is 0 Å². The number of piperazine rings is 1. The lowest BCUT2D eigenvalue weighted by Gasteiger charge is -2.49. The molecule has 6 heteroatoms. The summed E-state index contributed by atoms with van der Waals surface area (Å²) >= 11 is 6.27. The third kappa shape index (κ3) is 3.72. The number of amides is 1. The van der Waals surface area contributed by atoms with Crippen molar-refractivity contribution in [3.8, 4) is 0 Å². The van der Waals surface area contributed by atoms with Crippen LogP contribution in [0.2, 0.25) is 5.02 Å². The number of carbonyl (C=O) groups is 2. The first-order valence-electron chi connectivity index (χ1n) is 10.1. The number of carboxylic acids is 1. The van der Waals surface area contributed by atoms with E-state index in [-0.39, 0.29) is 23.7 Å². The van der Waals surface area contributed by atoms with E-state index in [1.807, 2.05) is 23.1 Å². The molecular formula is C21H27ClN2O3. The smallest absolute Gasteiger partial charge is 0.227 e. The predicted molar refractivity (Wildman–Crippen MR) is 99.9 cm³/mol. The van der Waals surface area contributed by atoms with E-state index in [0.29, 0.717) is 13.1 Å². The molecule has 146 valence electrons. The maximum absolute atomic E-state index is 13.2. The van der Waals surface area contributed by atoms with Crippen LogP contribution in [-0.2, 0) is 16.1 Å². The Balaban J connectivity index is 1.38. The Kier molecular flexibility index (Phi) is 5.42. The lowest BCUT2D eigenvalue weighted by atomic mass is 9.58. The SMILES string of the molecule is O=C([O-])[C@@H]1C2CCC(CC2)[C@H]1C(=O)N1CC[NH+](Cc2ccccc2Cl)CC1. The molecule has 5 rings (SSSR count). The van der Waals surface area contributed by atoms with Gasteiger partial charge in [-0.2, -0.15) is 0 Å². The van der Waals surface area contributed by atoms with Crippen molar-refractivity contribution in [2.24, 2.45) is 23.7 Å². The normalized spacial score (nSPS) is 31.1. The van der Waals surface area contributed by atoms with E-state index in [0.717, 1.165) is 55.9 Å². The molecule has 27 heavy (non-hydrogen) atoms. The van der Waals surface area contributed by atoms with Gasteiger partial charge in [-0.25, -0.2) is 0 Å². The summed E-state index contributed by atoms with van der Waals surface area (Å²) in [6.07, 6.45) is 3.84. The summed E-state index contributed by atoms with van der Waals surface area (Å²) in [7, 11) is 0. The standard InChI is InChI=1S/C21H27ClN2O3/c22-17-4-2-1-3-16(17)13-23-9-11-24(12-10-23)20(25)18-14-5-7-15(8-6-14)19(18)21(26)27/h1-4,14-15,18-19H,5-13H2,(H,26,27)/t14?,15?,18-,19-/m1/s1. The van der Waals surface area contributed by atoms with Gasteiger partial charge >= 0.3 is 0 Å². The van der Waals surface area contributed by atoms with Crippen molar-refractivity contribution in [2.75, 3.05) is 26.2 Å². The number of carboxylic acid groups (broad SMARTS) is 1. The van der Waals surface area contributed by atoms with Crippen molar-refractivity contribution in [3.05, 3.63) is 34.9 Å². The Bertz CT molecular complexity index is 709. The van der Waals surface area contributed by atoms with E-state index in [9.17, 15) is 14.7 Å². The molecule has 1 N–H and O–H groups in total. The molecule has 4 aliphatic rings. The van der Waals surface area contributed by atoms with E-state index in [2.05, 4.69) is 6.07 Å². The number of carbonyl (C=O) groups excluding carboxylic acids is 2. The van der Waals surface area contributed by atoms with Gasteiger partial charge in [0.15, 0.2) is 0 Å². The largest absolute Gasteiger partial charge is 0.550 e. The fourth-order valence-corrected chi connectivity index (χ4v) is 5.69. The second-order valence-electron chi connectivity index (χ2n) is 8.39. The van der Waals surface area contributed by atoms with Gasteiger partial charge in [0.05, 0.1) is 26.2 Å². The number of benzene rings is 1. The molecule has 0 radical (unpaired) electrons.